The predicted molar refractivity (Wildman–Crippen MR) is 110 cm³/mol. The van der Waals surface area contributed by atoms with E-state index in [1.54, 1.807) is 39.5 Å². The number of ether oxygens (including phenoxy) is 4. The molecule has 1 atom stereocenters. The van der Waals surface area contributed by atoms with Crippen LogP contribution in [0.15, 0.2) is 42.5 Å². The van der Waals surface area contributed by atoms with Crippen LogP contribution in [0.25, 0.3) is 0 Å². The third-order valence-corrected chi connectivity index (χ3v) is 5.10. The second-order valence-electron chi connectivity index (χ2n) is 6.71. The Bertz CT molecular complexity index is 803. The van der Waals surface area contributed by atoms with Gasteiger partial charge in [0, 0.05) is 25.7 Å². The Balaban J connectivity index is 1.76. The highest BCUT2D eigenvalue weighted by molar-refractivity contribution is 5.97. The van der Waals surface area contributed by atoms with Crippen LogP contribution in [0.1, 0.15) is 22.0 Å². The van der Waals surface area contributed by atoms with Gasteiger partial charge in [0.2, 0.25) is 0 Å². The minimum Gasteiger partial charge on any atom is -0.497 e. The van der Waals surface area contributed by atoms with Gasteiger partial charge in [-0.3, -0.25) is 9.69 Å². The molecule has 0 aliphatic carbocycles. The molecule has 0 unspecified atom stereocenters. The van der Waals surface area contributed by atoms with Gasteiger partial charge in [0.1, 0.15) is 17.2 Å². The van der Waals surface area contributed by atoms with Crippen molar-refractivity contribution in [1.29, 1.82) is 0 Å². The van der Waals surface area contributed by atoms with Gasteiger partial charge in [0.15, 0.2) is 0 Å². The molecule has 1 amide bonds. The van der Waals surface area contributed by atoms with Crippen molar-refractivity contribution in [2.45, 2.75) is 6.04 Å². The van der Waals surface area contributed by atoms with Gasteiger partial charge in [-0.25, -0.2) is 0 Å². The first-order chi connectivity index (χ1) is 14.2. The highest BCUT2D eigenvalue weighted by Crippen LogP contribution is 2.26. The molecule has 7 nitrogen and oxygen atoms in total. The standard InChI is InChI=1S/C22H28N2O5/c1-26-17-6-4-16(5-7-17)20(24-10-12-29-13-11-24)15-23-22(25)19-9-8-18(27-2)14-21(19)28-3/h4-9,14,20H,10-13,15H2,1-3H3,(H,23,25)/t20-/m1/s1. The largest absolute Gasteiger partial charge is 0.497 e. The van der Waals surface area contributed by atoms with Gasteiger partial charge < -0.3 is 24.3 Å². The summed E-state index contributed by atoms with van der Waals surface area (Å²) in [4.78, 5) is 15.2. The fourth-order valence-corrected chi connectivity index (χ4v) is 3.44. The molecule has 7 heteroatoms. The van der Waals surface area contributed by atoms with E-state index >= 15 is 0 Å². The summed E-state index contributed by atoms with van der Waals surface area (Å²) in [5.74, 6) is 1.75. The first-order valence-electron chi connectivity index (χ1n) is 9.62. The number of benzene rings is 2. The number of rotatable bonds is 8. The quantitative estimate of drug-likeness (QED) is 0.734. The van der Waals surface area contributed by atoms with Crippen molar-refractivity contribution in [3.8, 4) is 17.2 Å². The fraction of sp³-hybridized carbons (Fsp3) is 0.409. The summed E-state index contributed by atoms with van der Waals surface area (Å²) in [5, 5.41) is 3.06. The number of nitrogens with one attached hydrogen (secondary N) is 1. The molecule has 0 saturated carbocycles. The van der Waals surface area contributed by atoms with E-state index in [1.165, 1.54) is 0 Å². The molecular formula is C22H28N2O5. The van der Waals surface area contributed by atoms with Crippen LogP contribution in [0.2, 0.25) is 0 Å². The van der Waals surface area contributed by atoms with Crippen LogP contribution in [0.3, 0.4) is 0 Å². The molecular weight excluding hydrogens is 372 g/mol. The highest BCUT2D eigenvalue weighted by atomic mass is 16.5. The van der Waals surface area contributed by atoms with Crippen LogP contribution in [-0.2, 0) is 4.74 Å². The minimum absolute atomic E-state index is 0.0398. The number of nitrogens with zero attached hydrogens (tertiary/aromatic N) is 1. The molecule has 0 bridgehead atoms. The van der Waals surface area contributed by atoms with Crippen LogP contribution in [0, 0.1) is 0 Å². The van der Waals surface area contributed by atoms with Gasteiger partial charge >= 0.3 is 0 Å². The van der Waals surface area contributed by atoms with Crippen molar-refractivity contribution in [1.82, 2.24) is 10.2 Å². The van der Waals surface area contributed by atoms with Crippen molar-refractivity contribution in [2.24, 2.45) is 0 Å². The molecule has 2 aromatic rings. The Hall–Kier alpha value is -2.77. The second kappa shape index (κ2) is 10.1. The molecule has 1 aliphatic rings. The third kappa shape index (κ3) is 5.19. The van der Waals surface area contributed by atoms with Gasteiger partial charge in [-0.1, -0.05) is 12.1 Å². The predicted octanol–water partition coefficient (Wildman–Crippen LogP) is 2.52. The maximum Gasteiger partial charge on any atom is 0.255 e. The Morgan fingerprint density at radius 1 is 1.00 bits per heavy atom. The Kier molecular flexibility index (Phi) is 7.32. The molecule has 29 heavy (non-hydrogen) atoms. The lowest BCUT2D eigenvalue weighted by Crippen LogP contribution is -2.43. The van der Waals surface area contributed by atoms with E-state index < -0.39 is 0 Å². The lowest BCUT2D eigenvalue weighted by Gasteiger charge is -2.35. The average molecular weight is 400 g/mol. The normalized spacial score (nSPS) is 15.4. The topological polar surface area (TPSA) is 69.3 Å². The summed E-state index contributed by atoms with van der Waals surface area (Å²) in [6.45, 7) is 3.48. The van der Waals surface area contributed by atoms with E-state index in [4.69, 9.17) is 18.9 Å². The average Bonchev–Trinajstić information content (AvgIpc) is 2.79. The van der Waals surface area contributed by atoms with E-state index in [-0.39, 0.29) is 11.9 Å². The summed E-state index contributed by atoms with van der Waals surface area (Å²) in [7, 11) is 4.77. The van der Waals surface area contributed by atoms with Gasteiger partial charge in [0.25, 0.3) is 5.91 Å². The van der Waals surface area contributed by atoms with Crippen molar-refractivity contribution in [3.63, 3.8) is 0 Å². The zero-order chi connectivity index (χ0) is 20.6. The molecule has 2 aromatic carbocycles. The molecule has 0 radical (unpaired) electrons. The van der Waals surface area contributed by atoms with Crippen molar-refractivity contribution < 1.29 is 23.7 Å². The number of carbonyl (C=O) groups excluding carboxylic acids is 1. The van der Waals surface area contributed by atoms with Gasteiger partial charge in [-0.15, -0.1) is 0 Å². The number of hydrogen-bond donors (Lipinski definition) is 1. The van der Waals surface area contributed by atoms with Crippen LogP contribution in [-0.4, -0.2) is 65.0 Å². The van der Waals surface area contributed by atoms with Crippen molar-refractivity contribution >= 4 is 5.91 Å². The summed E-state index contributed by atoms with van der Waals surface area (Å²) < 4.78 is 21.3. The summed E-state index contributed by atoms with van der Waals surface area (Å²) in [6.07, 6.45) is 0. The Labute approximate surface area is 171 Å². The maximum atomic E-state index is 12.8. The van der Waals surface area contributed by atoms with Crippen LogP contribution in [0.4, 0.5) is 0 Å². The molecule has 0 spiro atoms. The van der Waals surface area contributed by atoms with Gasteiger partial charge in [-0.2, -0.15) is 0 Å². The van der Waals surface area contributed by atoms with E-state index in [0.717, 1.165) is 24.4 Å². The monoisotopic (exact) mass is 400 g/mol. The Morgan fingerprint density at radius 2 is 1.66 bits per heavy atom. The molecule has 3 rings (SSSR count). The maximum absolute atomic E-state index is 12.8. The first kappa shape index (κ1) is 21.0. The summed E-state index contributed by atoms with van der Waals surface area (Å²) >= 11 is 0. The number of methoxy groups -OCH3 is 3. The second-order valence-corrected chi connectivity index (χ2v) is 6.71. The summed E-state index contributed by atoms with van der Waals surface area (Å²) in [6, 6.07) is 13.2. The van der Waals surface area contributed by atoms with E-state index in [1.807, 2.05) is 24.3 Å². The Morgan fingerprint density at radius 3 is 2.28 bits per heavy atom. The minimum atomic E-state index is -0.184. The highest BCUT2D eigenvalue weighted by Gasteiger charge is 2.24. The van der Waals surface area contributed by atoms with Crippen molar-refractivity contribution in [2.75, 3.05) is 54.2 Å². The third-order valence-electron chi connectivity index (χ3n) is 5.10. The number of amides is 1. The van der Waals surface area contributed by atoms with Crippen LogP contribution in [0.5, 0.6) is 17.2 Å². The van der Waals surface area contributed by atoms with Gasteiger partial charge in [0.05, 0.1) is 46.1 Å². The fourth-order valence-electron chi connectivity index (χ4n) is 3.44. The zero-order valence-corrected chi connectivity index (χ0v) is 17.1. The zero-order valence-electron chi connectivity index (χ0n) is 17.1. The molecule has 1 N–H and O–H groups in total. The molecule has 1 fully saturated rings. The molecule has 1 saturated heterocycles. The first-order valence-corrected chi connectivity index (χ1v) is 9.62. The SMILES string of the molecule is COc1ccc([C@@H](CNC(=O)c2ccc(OC)cc2OC)N2CCOCC2)cc1. The van der Waals surface area contributed by atoms with E-state index in [9.17, 15) is 4.79 Å². The van der Waals surface area contributed by atoms with E-state index in [0.29, 0.717) is 36.8 Å². The number of hydrogen-bond acceptors (Lipinski definition) is 6. The van der Waals surface area contributed by atoms with E-state index in [2.05, 4.69) is 10.2 Å². The lowest BCUT2D eigenvalue weighted by molar-refractivity contribution is 0.0162. The molecule has 1 aliphatic heterocycles. The lowest BCUT2D eigenvalue weighted by atomic mass is 10.0. The number of morpholine rings is 1. The van der Waals surface area contributed by atoms with Crippen LogP contribution >= 0.6 is 0 Å². The smallest absolute Gasteiger partial charge is 0.255 e. The van der Waals surface area contributed by atoms with Crippen molar-refractivity contribution in [3.05, 3.63) is 53.6 Å². The molecule has 0 aromatic heterocycles. The van der Waals surface area contributed by atoms with Gasteiger partial charge in [-0.05, 0) is 29.8 Å². The molecule has 156 valence electrons. The van der Waals surface area contributed by atoms with Crippen LogP contribution < -0.4 is 19.5 Å². The number of carbonyl (C=O) groups is 1. The summed E-state index contributed by atoms with van der Waals surface area (Å²) in [5.41, 5.74) is 1.60. The molecule has 1 heterocycles.